The molecule has 0 aliphatic carbocycles. The van der Waals surface area contributed by atoms with Gasteiger partial charge in [-0.3, -0.25) is 4.90 Å². The fourth-order valence-corrected chi connectivity index (χ4v) is 3.82. The van der Waals surface area contributed by atoms with Crippen molar-refractivity contribution in [2.24, 2.45) is 0 Å². The monoisotopic (exact) mass is 347 g/mol. The molecule has 0 spiro atoms. The van der Waals surface area contributed by atoms with Gasteiger partial charge in [0.1, 0.15) is 18.1 Å². The highest BCUT2D eigenvalue weighted by Gasteiger charge is 2.25. The first kappa shape index (κ1) is 16.9. The Balaban J connectivity index is 1.44. The van der Waals surface area contributed by atoms with Crippen molar-refractivity contribution in [2.75, 3.05) is 20.3 Å². The van der Waals surface area contributed by atoms with Gasteiger partial charge in [0.15, 0.2) is 0 Å². The lowest BCUT2D eigenvalue weighted by molar-refractivity contribution is 0.167. The molecule has 1 heterocycles. The molecule has 1 aliphatic rings. The molecule has 0 bridgehead atoms. The number of hydrogen-bond donors (Lipinski definition) is 0. The van der Waals surface area contributed by atoms with Gasteiger partial charge in [0, 0.05) is 18.7 Å². The second kappa shape index (κ2) is 7.79. The Hall–Kier alpha value is -2.52. The number of rotatable bonds is 6. The van der Waals surface area contributed by atoms with E-state index in [0.717, 1.165) is 31.2 Å². The molecular formula is C23H25NO2. The summed E-state index contributed by atoms with van der Waals surface area (Å²) in [6.45, 7) is 2.83. The van der Waals surface area contributed by atoms with Crippen molar-refractivity contribution in [2.45, 2.75) is 25.4 Å². The van der Waals surface area contributed by atoms with E-state index in [1.54, 1.807) is 7.11 Å². The third-order valence-corrected chi connectivity index (χ3v) is 5.24. The molecule has 4 rings (SSSR count). The van der Waals surface area contributed by atoms with Crippen LogP contribution in [0.4, 0.5) is 0 Å². The van der Waals surface area contributed by atoms with Gasteiger partial charge >= 0.3 is 0 Å². The molecule has 134 valence electrons. The van der Waals surface area contributed by atoms with E-state index >= 15 is 0 Å². The van der Waals surface area contributed by atoms with Crippen molar-refractivity contribution in [3.05, 3.63) is 72.3 Å². The van der Waals surface area contributed by atoms with Crippen LogP contribution in [-0.4, -0.2) is 31.2 Å². The molecule has 0 N–H and O–H groups in total. The standard InChI is InChI=1S/C23H25NO2/c1-25-21-11-5-12-22(15-21)26-17-20-10-6-14-24(20)16-19-9-4-8-18-7-2-3-13-23(18)19/h2-5,7-9,11-13,15,20H,6,10,14,16-17H2,1H3/t20-/m1/s1. The molecule has 0 unspecified atom stereocenters. The Labute approximate surface area is 155 Å². The number of methoxy groups -OCH3 is 1. The number of likely N-dealkylation sites (tertiary alicyclic amines) is 1. The van der Waals surface area contributed by atoms with E-state index in [4.69, 9.17) is 9.47 Å². The average Bonchev–Trinajstić information content (AvgIpc) is 3.14. The van der Waals surface area contributed by atoms with Crippen LogP contribution >= 0.6 is 0 Å². The fraction of sp³-hybridized carbons (Fsp3) is 0.304. The lowest BCUT2D eigenvalue weighted by Crippen LogP contribution is -2.33. The van der Waals surface area contributed by atoms with Crippen LogP contribution in [0.5, 0.6) is 11.5 Å². The Morgan fingerprint density at radius 2 is 1.77 bits per heavy atom. The number of benzene rings is 3. The van der Waals surface area contributed by atoms with Gasteiger partial charge in [-0.1, -0.05) is 48.5 Å². The molecule has 3 aromatic rings. The first-order valence-corrected chi connectivity index (χ1v) is 9.31. The predicted octanol–water partition coefficient (Wildman–Crippen LogP) is 4.89. The Kier molecular flexibility index (Phi) is 5.07. The maximum Gasteiger partial charge on any atom is 0.123 e. The van der Waals surface area contributed by atoms with E-state index in [0.29, 0.717) is 6.04 Å². The maximum atomic E-state index is 6.07. The highest BCUT2D eigenvalue weighted by atomic mass is 16.5. The summed E-state index contributed by atoms with van der Waals surface area (Å²) >= 11 is 0. The van der Waals surface area contributed by atoms with Gasteiger partial charge in [0.2, 0.25) is 0 Å². The summed E-state index contributed by atoms with van der Waals surface area (Å²) in [5.41, 5.74) is 1.40. The molecule has 1 saturated heterocycles. The minimum atomic E-state index is 0.458. The third kappa shape index (κ3) is 3.68. The summed E-state index contributed by atoms with van der Waals surface area (Å²) in [7, 11) is 1.68. The smallest absolute Gasteiger partial charge is 0.123 e. The molecule has 1 fully saturated rings. The van der Waals surface area contributed by atoms with E-state index in [-0.39, 0.29) is 0 Å². The molecule has 3 nitrogen and oxygen atoms in total. The normalized spacial score (nSPS) is 17.5. The van der Waals surface area contributed by atoms with Gasteiger partial charge in [0.25, 0.3) is 0 Å². The quantitative estimate of drug-likeness (QED) is 0.633. The summed E-state index contributed by atoms with van der Waals surface area (Å²) < 4.78 is 11.3. The minimum absolute atomic E-state index is 0.458. The van der Waals surface area contributed by atoms with Crippen LogP contribution in [0.3, 0.4) is 0 Å². The van der Waals surface area contributed by atoms with E-state index in [2.05, 4.69) is 47.4 Å². The third-order valence-electron chi connectivity index (χ3n) is 5.24. The predicted molar refractivity (Wildman–Crippen MR) is 106 cm³/mol. The van der Waals surface area contributed by atoms with Crippen LogP contribution in [0.25, 0.3) is 10.8 Å². The summed E-state index contributed by atoms with van der Waals surface area (Å²) in [4.78, 5) is 2.56. The zero-order valence-electron chi connectivity index (χ0n) is 15.2. The Bertz CT molecular complexity index is 871. The first-order chi connectivity index (χ1) is 12.8. The second-order valence-corrected chi connectivity index (χ2v) is 6.89. The summed E-state index contributed by atoms with van der Waals surface area (Å²) in [6.07, 6.45) is 2.42. The molecule has 1 atom stereocenters. The van der Waals surface area contributed by atoms with Crippen molar-refractivity contribution in [3.63, 3.8) is 0 Å². The molecule has 0 amide bonds. The van der Waals surface area contributed by atoms with Gasteiger partial charge in [-0.05, 0) is 47.9 Å². The van der Waals surface area contributed by atoms with Gasteiger partial charge in [-0.2, -0.15) is 0 Å². The molecule has 3 heteroatoms. The Morgan fingerprint density at radius 1 is 0.962 bits per heavy atom. The molecule has 0 radical (unpaired) electrons. The Morgan fingerprint density at radius 3 is 2.69 bits per heavy atom. The van der Waals surface area contributed by atoms with Crippen molar-refractivity contribution in [3.8, 4) is 11.5 Å². The van der Waals surface area contributed by atoms with Crippen LogP contribution in [0.2, 0.25) is 0 Å². The molecular weight excluding hydrogens is 322 g/mol. The SMILES string of the molecule is COc1cccc(OC[C@H]2CCCN2Cc2cccc3ccccc23)c1. The van der Waals surface area contributed by atoms with E-state index in [9.17, 15) is 0 Å². The average molecular weight is 347 g/mol. The van der Waals surface area contributed by atoms with Crippen molar-refractivity contribution >= 4 is 10.8 Å². The number of nitrogens with zero attached hydrogens (tertiary/aromatic N) is 1. The van der Waals surface area contributed by atoms with Crippen LogP contribution in [0.1, 0.15) is 18.4 Å². The van der Waals surface area contributed by atoms with Gasteiger partial charge in [0.05, 0.1) is 7.11 Å². The van der Waals surface area contributed by atoms with Gasteiger partial charge < -0.3 is 9.47 Å². The van der Waals surface area contributed by atoms with Crippen molar-refractivity contribution in [1.29, 1.82) is 0 Å². The summed E-state index contributed by atoms with van der Waals surface area (Å²) in [5, 5.41) is 2.67. The lowest BCUT2D eigenvalue weighted by atomic mass is 10.0. The molecule has 1 aliphatic heterocycles. The zero-order chi connectivity index (χ0) is 17.8. The van der Waals surface area contributed by atoms with Crippen molar-refractivity contribution in [1.82, 2.24) is 4.90 Å². The molecule has 0 aromatic heterocycles. The second-order valence-electron chi connectivity index (χ2n) is 6.89. The number of hydrogen-bond acceptors (Lipinski definition) is 3. The van der Waals surface area contributed by atoms with Crippen LogP contribution in [-0.2, 0) is 6.54 Å². The highest BCUT2D eigenvalue weighted by molar-refractivity contribution is 5.85. The summed E-state index contributed by atoms with van der Waals surface area (Å²) in [6, 6.07) is 23.5. The summed E-state index contributed by atoms with van der Waals surface area (Å²) in [5.74, 6) is 1.71. The number of ether oxygens (including phenoxy) is 2. The minimum Gasteiger partial charge on any atom is -0.497 e. The van der Waals surface area contributed by atoms with Gasteiger partial charge in [-0.25, -0.2) is 0 Å². The fourth-order valence-electron chi connectivity index (χ4n) is 3.82. The molecule has 0 saturated carbocycles. The highest BCUT2D eigenvalue weighted by Crippen LogP contribution is 2.26. The zero-order valence-corrected chi connectivity index (χ0v) is 15.2. The largest absolute Gasteiger partial charge is 0.497 e. The van der Waals surface area contributed by atoms with Crippen LogP contribution < -0.4 is 9.47 Å². The van der Waals surface area contributed by atoms with Crippen molar-refractivity contribution < 1.29 is 9.47 Å². The first-order valence-electron chi connectivity index (χ1n) is 9.31. The van der Waals surface area contributed by atoms with Gasteiger partial charge in [-0.15, -0.1) is 0 Å². The molecule has 26 heavy (non-hydrogen) atoms. The topological polar surface area (TPSA) is 21.7 Å². The number of fused-ring (bicyclic) bond motifs is 1. The van der Waals surface area contributed by atoms with Crippen LogP contribution in [0, 0.1) is 0 Å². The van der Waals surface area contributed by atoms with E-state index in [1.165, 1.54) is 29.2 Å². The lowest BCUT2D eigenvalue weighted by Gasteiger charge is -2.25. The van der Waals surface area contributed by atoms with Crippen LogP contribution in [0.15, 0.2) is 66.7 Å². The molecule has 3 aromatic carbocycles. The van der Waals surface area contributed by atoms with E-state index in [1.807, 2.05) is 24.3 Å². The maximum absolute atomic E-state index is 6.07. The van der Waals surface area contributed by atoms with E-state index < -0.39 is 0 Å².